The van der Waals surface area contributed by atoms with Crippen LogP contribution in [0.2, 0.25) is 0 Å². The minimum Gasteiger partial charge on any atom is -0.507 e. The van der Waals surface area contributed by atoms with Crippen molar-refractivity contribution in [1.29, 1.82) is 0 Å². The van der Waals surface area contributed by atoms with Crippen molar-refractivity contribution in [2.75, 3.05) is 7.11 Å². The lowest BCUT2D eigenvalue weighted by molar-refractivity contribution is -0.140. The second-order valence-corrected chi connectivity index (χ2v) is 7.43. The average Bonchev–Trinajstić information content (AvgIpc) is 3.04. The molecular formula is C25H22N2O4. The molecule has 0 aliphatic carbocycles. The molecule has 2 heterocycles. The predicted molar refractivity (Wildman–Crippen MR) is 116 cm³/mol. The zero-order valence-electron chi connectivity index (χ0n) is 17.3. The number of carbonyl (C=O) groups excluding carboxylic acids is 2. The number of benzene rings is 2. The molecule has 0 radical (unpaired) electrons. The molecule has 1 fully saturated rings. The van der Waals surface area contributed by atoms with Gasteiger partial charge in [-0.25, -0.2) is 0 Å². The summed E-state index contributed by atoms with van der Waals surface area (Å²) in [6, 6.07) is 17.3. The van der Waals surface area contributed by atoms with Crippen molar-refractivity contribution in [2.45, 2.75) is 19.5 Å². The molecule has 2 aromatic carbocycles. The lowest BCUT2D eigenvalue weighted by Gasteiger charge is -2.25. The SMILES string of the molecule is COc1cccc(CN2C(=O)C(=O)/C(=C(\O)c3ccc(C)cc3)C2c2ccncc2)c1. The van der Waals surface area contributed by atoms with Crippen molar-refractivity contribution in [3.05, 3.63) is 101 Å². The van der Waals surface area contributed by atoms with Crippen LogP contribution in [-0.4, -0.2) is 33.8 Å². The van der Waals surface area contributed by atoms with E-state index in [1.54, 1.807) is 43.8 Å². The van der Waals surface area contributed by atoms with Gasteiger partial charge in [-0.15, -0.1) is 0 Å². The summed E-state index contributed by atoms with van der Waals surface area (Å²) in [6.07, 6.45) is 3.21. The van der Waals surface area contributed by atoms with Crippen LogP contribution < -0.4 is 4.74 Å². The Morgan fingerprint density at radius 1 is 1.06 bits per heavy atom. The molecule has 3 aromatic rings. The fraction of sp³-hybridized carbons (Fsp3) is 0.160. The summed E-state index contributed by atoms with van der Waals surface area (Å²) < 4.78 is 5.28. The molecule has 1 amide bonds. The van der Waals surface area contributed by atoms with Crippen LogP contribution in [-0.2, 0) is 16.1 Å². The zero-order chi connectivity index (χ0) is 22.0. The Kier molecular flexibility index (Phi) is 5.54. The van der Waals surface area contributed by atoms with Gasteiger partial charge in [-0.3, -0.25) is 14.6 Å². The first-order chi connectivity index (χ1) is 15.0. The number of aromatic nitrogens is 1. The first-order valence-electron chi connectivity index (χ1n) is 9.88. The van der Waals surface area contributed by atoms with Crippen LogP contribution in [0.1, 0.15) is 28.3 Å². The normalized spacial score (nSPS) is 17.7. The van der Waals surface area contributed by atoms with E-state index in [2.05, 4.69) is 4.98 Å². The fourth-order valence-corrected chi connectivity index (χ4v) is 3.77. The first-order valence-corrected chi connectivity index (χ1v) is 9.88. The maximum Gasteiger partial charge on any atom is 0.295 e. The predicted octanol–water partition coefficient (Wildman–Crippen LogP) is 4.02. The fourth-order valence-electron chi connectivity index (χ4n) is 3.77. The Balaban J connectivity index is 1.83. The van der Waals surface area contributed by atoms with Crippen LogP contribution in [0.5, 0.6) is 5.75 Å². The van der Waals surface area contributed by atoms with Crippen molar-refractivity contribution in [1.82, 2.24) is 9.88 Å². The number of likely N-dealkylation sites (tertiary alicyclic amines) is 1. The number of hydrogen-bond acceptors (Lipinski definition) is 5. The molecule has 6 heteroatoms. The molecular weight excluding hydrogens is 392 g/mol. The third kappa shape index (κ3) is 3.92. The number of Topliss-reactive ketones (excluding diaryl/α,β-unsaturated/α-hetero) is 1. The first kappa shape index (κ1) is 20.3. The zero-order valence-corrected chi connectivity index (χ0v) is 17.3. The summed E-state index contributed by atoms with van der Waals surface area (Å²) in [6.45, 7) is 2.13. The van der Waals surface area contributed by atoms with Crippen LogP contribution in [0, 0.1) is 6.92 Å². The van der Waals surface area contributed by atoms with Gasteiger partial charge in [-0.05, 0) is 42.3 Å². The molecule has 31 heavy (non-hydrogen) atoms. The van der Waals surface area contributed by atoms with Gasteiger partial charge in [0.2, 0.25) is 0 Å². The van der Waals surface area contributed by atoms with Crippen molar-refractivity contribution in [3.8, 4) is 5.75 Å². The number of pyridine rings is 1. The van der Waals surface area contributed by atoms with E-state index in [9.17, 15) is 14.7 Å². The Labute approximate surface area is 180 Å². The summed E-state index contributed by atoms with van der Waals surface area (Å²) in [5.41, 5.74) is 3.11. The number of carbonyl (C=O) groups is 2. The van der Waals surface area contributed by atoms with Gasteiger partial charge in [0.15, 0.2) is 0 Å². The van der Waals surface area contributed by atoms with E-state index in [0.29, 0.717) is 16.9 Å². The molecule has 0 spiro atoms. The number of hydrogen-bond donors (Lipinski definition) is 1. The van der Waals surface area contributed by atoms with Gasteiger partial charge in [0.25, 0.3) is 11.7 Å². The quantitative estimate of drug-likeness (QED) is 0.388. The summed E-state index contributed by atoms with van der Waals surface area (Å²) in [4.78, 5) is 31.6. The number of aliphatic hydroxyl groups excluding tert-OH is 1. The lowest BCUT2D eigenvalue weighted by Crippen LogP contribution is -2.29. The van der Waals surface area contributed by atoms with Gasteiger partial charge in [0, 0.05) is 24.5 Å². The highest BCUT2D eigenvalue weighted by Gasteiger charge is 2.46. The molecule has 0 saturated carbocycles. The van der Waals surface area contributed by atoms with E-state index in [0.717, 1.165) is 11.1 Å². The van der Waals surface area contributed by atoms with Crippen molar-refractivity contribution in [3.63, 3.8) is 0 Å². The molecule has 6 nitrogen and oxygen atoms in total. The van der Waals surface area contributed by atoms with Gasteiger partial charge in [0.1, 0.15) is 11.5 Å². The Hall–Kier alpha value is -3.93. The van der Waals surface area contributed by atoms with E-state index in [1.165, 1.54) is 4.90 Å². The average molecular weight is 414 g/mol. The highest BCUT2D eigenvalue weighted by molar-refractivity contribution is 6.46. The third-order valence-corrected chi connectivity index (χ3v) is 5.37. The molecule has 1 aromatic heterocycles. The Morgan fingerprint density at radius 2 is 1.77 bits per heavy atom. The Morgan fingerprint density at radius 3 is 2.45 bits per heavy atom. The second-order valence-electron chi connectivity index (χ2n) is 7.43. The summed E-state index contributed by atoms with van der Waals surface area (Å²) in [5, 5.41) is 11.0. The molecule has 1 unspecified atom stereocenters. The maximum absolute atomic E-state index is 13.0. The van der Waals surface area contributed by atoms with Crippen LogP contribution in [0.15, 0.2) is 78.6 Å². The number of ketones is 1. The number of aryl methyl sites for hydroxylation is 1. The van der Waals surface area contributed by atoms with Crippen molar-refractivity contribution < 1.29 is 19.4 Å². The molecule has 156 valence electrons. The van der Waals surface area contributed by atoms with Crippen LogP contribution in [0.4, 0.5) is 0 Å². The number of nitrogens with zero attached hydrogens (tertiary/aromatic N) is 2. The molecule has 1 aliphatic heterocycles. The van der Waals surface area contributed by atoms with Gasteiger partial charge >= 0.3 is 0 Å². The molecule has 0 bridgehead atoms. The van der Waals surface area contributed by atoms with E-state index in [1.807, 2.05) is 43.3 Å². The monoisotopic (exact) mass is 414 g/mol. The summed E-state index contributed by atoms with van der Waals surface area (Å²) >= 11 is 0. The van der Waals surface area contributed by atoms with Crippen molar-refractivity contribution in [2.24, 2.45) is 0 Å². The molecule has 4 rings (SSSR count). The highest BCUT2D eigenvalue weighted by Crippen LogP contribution is 2.40. The summed E-state index contributed by atoms with van der Waals surface area (Å²) in [7, 11) is 1.57. The van der Waals surface area contributed by atoms with E-state index in [-0.39, 0.29) is 17.9 Å². The van der Waals surface area contributed by atoms with E-state index in [4.69, 9.17) is 4.74 Å². The Bertz CT molecular complexity index is 1150. The number of ether oxygens (including phenoxy) is 1. The lowest BCUT2D eigenvalue weighted by atomic mass is 9.95. The van der Waals surface area contributed by atoms with Gasteiger partial charge in [-0.1, -0.05) is 42.0 Å². The maximum atomic E-state index is 13.0. The molecule has 1 aliphatic rings. The highest BCUT2D eigenvalue weighted by atomic mass is 16.5. The topological polar surface area (TPSA) is 79.7 Å². The molecule has 1 saturated heterocycles. The van der Waals surface area contributed by atoms with Gasteiger partial charge in [-0.2, -0.15) is 0 Å². The van der Waals surface area contributed by atoms with Crippen LogP contribution >= 0.6 is 0 Å². The standard InChI is InChI=1S/C25H22N2O4/c1-16-6-8-19(9-7-16)23(28)21-22(18-10-12-26-13-11-18)27(25(30)24(21)29)15-17-4-3-5-20(14-17)31-2/h3-14,22,28H,15H2,1-2H3/b23-21-. The van der Waals surface area contributed by atoms with E-state index < -0.39 is 17.7 Å². The number of amides is 1. The van der Waals surface area contributed by atoms with Gasteiger partial charge < -0.3 is 14.7 Å². The van der Waals surface area contributed by atoms with Crippen LogP contribution in [0.3, 0.4) is 0 Å². The van der Waals surface area contributed by atoms with Crippen LogP contribution in [0.25, 0.3) is 5.76 Å². The van der Waals surface area contributed by atoms with Crippen molar-refractivity contribution >= 4 is 17.4 Å². The molecule has 1 N–H and O–H groups in total. The number of rotatable bonds is 5. The number of aliphatic hydroxyl groups is 1. The minimum atomic E-state index is -0.726. The third-order valence-electron chi connectivity index (χ3n) is 5.37. The smallest absolute Gasteiger partial charge is 0.295 e. The largest absolute Gasteiger partial charge is 0.507 e. The number of methoxy groups -OCH3 is 1. The second kappa shape index (κ2) is 8.44. The summed E-state index contributed by atoms with van der Waals surface area (Å²) in [5.74, 6) is -0.886. The molecule has 1 atom stereocenters. The minimum absolute atomic E-state index is 0.0722. The van der Waals surface area contributed by atoms with Gasteiger partial charge in [0.05, 0.1) is 18.7 Å². The van der Waals surface area contributed by atoms with E-state index >= 15 is 0 Å².